The lowest BCUT2D eigenvalue weighted by Crippen LogP contribution is -2.45. The largest absolute Gasteiger partial charge is 0.433 e. The molecule has 1 atom stereocenters. The second-order valence-electron chi connectivity index (χ2n) is 6.12. The minimum absolute atomic E-state index is 0.0310. The molecule has 12 heteroatoms. The summed E-state index contributed by atoms with van der Waals surface area (Å²) < 4.78 is 66.8. The molecular formula is C15H17F3N4O3S2. The molecule has 0 spiro atoms. The smallest absolute Gasteiger partial charge is 0.355 e. The Kier molecular flexibility index (Phi) is 5.32. The van der Waals surface area contributed by atoms with Crippen molar-refractivity contribution in [1.82, 2.24) is 19.8 Å². The van der Waals surface area contributed by atoms with Gasteiger partial charge < -0.3 is 5.32 Å². The lowest BCUT2D eigenvalue weighted by molar-refractivity contribution is -0.143. The van der Waals surface area contributed by atoms with Crippen LogP contribution in [0.15, 0.2) is 22.4 Å². The van der Waals surface area contributed by atoms with E-state index in [-0.39, 0.29) is 20.7 Å². The van der Waals surface area contributed by atoms with Gasteiger partial charge in [0.05, 0.1) is 4.88 Å². The highest BCUT2D eigenvalue weighted by molar-refractivity contribution is 7.91. The Bertz CT molecular complexity index is 950. The predicted molar refractivity (Wildman–Crippen MR) is 92.5 cm³/mol. The van der Waals surface area contributed by atoms with Crippen molar-refractivity contribution in [3.63, 3.8) is 0 Å². The van der Waals surface area contributed by atoms with Crippen LogP contribution in [0, 0.1) is 0 Å². The van der Waals surface area contributed by atoms with Crippen molar-refractivity contribution in [1.29, 1.82) is 0 Å². The zero-order chi connectivity index (χ0) is 19.8. The Balaban J connectivity index is 1.83. The van der Waals surface area contributed by atoms with Gasteiger partial charge in [0.25, 0.3) is 10.0 Å². The number of aromatic nitrogens is 2. The third kappa shape index (κ3) is 4.33. The summed E-state index contributed by atoms with van der Waals surface area (Å²) in [5.41, 5.74) is -0.896. The molecule has 0 radical (unpaired) electrons. The van der Waals surface area contributed by atoms with Gasteiger partial charge in [0, 0.05) is 13.6 Å². The lowest BCUT2D eigenvalue weighted by atomic mass is 10.1. The maximum absolute atomic E-state index is 12.9. The van der Waals surface area contributed by atoms with Gasteiger partial charge in [-0.3, -0.25) is 9.48 Å². The molecule has 0 aromatic carbocycles. The number of hydrogen-bond acceptors (Lipinski definition) is 5. The van der Waals surface area contributed by atoms with Crippen molar-refractivity contribution in [2.24, 2.45) is 7.05 Å². The maximum Gasteiger partial charge on any atom is 0.433 e. The monoisotopic (exact) mass is 422 g/mol. The first-order valence-corrected chi connectivity index (χ1v) is 10.4. The molecule has 1 fully saturated rings. The van der Waals surface area contributed by atoms with Gasteiger partial charge >= 0.3 is 6.18 Å². The normalized spacial score (nSPS) is 19.0. The molecule has 3 heterocycles. The summed E-state index contributed by atoms with van der Waals surface area (Å²) in [5, 5.41) is 6.45. The molecular weight excluding hydrogens is 405 g/mol. The minimum Gasteiger partial charge on any atom is -0.355 e. The van der Waals surface area contributed by atoms with E-state index >= 15 is 0 Å². The van der Waals surface area contributed by atoms with E-state index in [9.17, 15) is 26.4 Å². The van der Waals surface area contributed by atoms with Gasteiger partial charge in [0.15, 0.2) is 0 Å². The Morgan fingerprint density at radius 1 is 1.33 bits per heavy atom. The number of alkyl halides is 3. The minimum atomic E-state index is -4.55. The van der Waals surface area contributed by atoms with E-state index in [4.69, 9.17) is 0 Å². The van der Waals surface area contributed by atoms with E-state index in [0.717, 1.165) is 23.8 Å². The zero-order valence-corrected chi connectivity index (χ0v) is 15.8. The summed E-state index contributed by atoms with van der Waals surface area (Å²) in [7, 11) is -2.81. The quantitative estimate of drug-likeness (QED) is 0.789. The molecule has 27 heavy (non-hydrogen) atoms. The standard InChI is InChI=1S/C15H17F3N4O3S2/c1-22-12(15(16,17)18)8-10(20-22)11-5-6-13(26-11)27(24,25)21-9-4-2-3-7-19-14(9)23/h5-6,8-9,21H,2-4,7H2,1H3,(H,19,23). The second-order valence-corrected chi connectivity index (χ2v) is 9.14. The Morgan fingerprint density at radius 3 is 2.74 bits per heavy atom. The number of thiophene rings is 1. The summed E-state index contributed by atoms with van der Waals surface area (Å²) in [6.07, 6.45) is -2.69. The van der Waals surface area contributed by atoms with E-state index < -0.39 is 27.9 Å². The number of sulfonamides is 1. The van der Waals surface area contributed by atoms with E-state index in [0.29, 0.717) is 24.1 Å². The highest BCUT2D eigenvalue weighted by Crippen LogP contribution is 2.35. The number of rotatable bonds is 4. The van der Waals surface area contributed by atoms with Crippen molar-refractivity contribution >= 4 is 27.3 Å². The number of nitrogens with one attached hydrogen (secondary N) is 2. The number of halogens is 3. The van der Waals surface area contributed by atoms with E-state index in [1.54, 1.807) is 0 Å². The first-order chi connectivity index (χ1) is 12.6. The number of carbonyl (C=O) groups is 1. The molecule has 1 saturated heterocycles. The summed E-state index contributed by atoms with van der Waals surface area (Å²) in [4.78, 5) is 12.2. The number of aryl methyl sites for hydroxylation is 1. The van der Waals surface area contributed by atoms with Crippen LogP contribution in [0.2, 0.25) is 0 Å². The van der Waals surface area contributed by atoms with Crippen LogP contribution in [0.4, 0.5) is 13.2 Å². The van der Waals surface area contributed by atoms with Gasteiger partial charge in [-0.25, -0.2) is 8.42 Å². The second kappa shape index (κ2) is 7.24. The lowest BCUT2D eigenvalue weighted by Gasteiger charge is -2.14. The van der Waals surface area contributed by atoms with Crippen LogP contribution < -0.4 is 10.0 Å². The highest BCUT2D eigenvalue weighted by atomic mass is 32.2. The summed E-state index contributed by atoms with van der Waals surface area (Å²) in [6.45, 7) is 0.501. The maximum atomic E-state index is 12.9. The van der Waals surface area contributed by atoms with E-state index in [2.05, 4.69) is 15.1 Å². The van der Waals surface area contributed by atoms with Crippen LogP contribution >= 0.6 is 11.3 Å². The van der Waals surface area contributed by atoms with Crippen molar-refractivity contribution < 1.29 is 26.4 Å². The van der Waals surface area contributed by atoms with Crippen LogP contribution in [-0.4, -0.2) is 36.7 Å². The molecule has 1 unspecified atom stereocenters. The zero-order valence-electron chi connectivity index (χ0n) is 14.2. The Morgan fingerprint density at radius 2 is 2.07 bits per heavy atom. The van der Waals surface area contributed by atoms with Crippen molar-refractivity contribution in [2.75, 3.05) is 6.54 Å². The van der Waals surface area contributed by atoms with E-state index in [1.807, 2.05) is 0 Å². The molecule has 0 saturated carbocycles. The van der Waals surface area contributed by atoms with Gasteiger partial charge in [0.1, 0.15) is 21.6 Å². The molecule has 2 aromatic rings. The summed E-state index contributed by atoms with van der Waals surface area (Å²) in [6, 6.07) is 2.69. The van der Waals surface area contributed by atoms with Crippen LogP contribution in [-0.2, 0) is 28.0 Å². The topological polar surface area (TPSA) is 93.1 Å². The van der Waals surface area contributed by atoms with Crippen LogP contribution in [0.25, 0.3) is 10.6 Å². The SMILES string of the molecule is Cn1nc(-c2ccc(S(=O)(=O)NC3CCCCNC3=O)s2)cc1C(F)(F)F. The van der Waals surface area contributed by atoms with Gasteiger partial charge in [-0.05, 0) is 37.5 Å². The first-order valence-electron chi connectivity index (χ1n) is 8.09. The molecule has 2 aromatic heterocycles. The highest BCUT2D eigenvalue weighted by Gasteiger charge is 2.35. The van der Waals surface area contributed by atoms with Crippen molar-refractivity contribution in [2.45, 2.75) is 35.7 Å². The number of carbonyl (C=O) groups excluding carboxylic acids is 1. The van der Waals surface area contributed by atoms with Crippen molar-refractivity contribution in [3.05, 3.63) is 23.9 Å². The molecule has 1 aliphatic rings. The van der Waals surface area contributed by atoms with Gasteiger partial charge in [-0.1, -0.05) is 0 Å². The average Bonchev–Trinajstić information content (AvgIpc) is 3.15. The molecule has 3 rings (SSSR count). The van der Waals surface area contributed by atoms with Gasteiger partial charge in [-0.2, -0.15) is 23.0 Å². The van der Waals surface area contributed by atoms with Gasteiger partial charge in [-0.15, -0.1) is 11.3 Å². The number of amides is 1. The molecule has 2 N–H and O–H groups in total. The molecule has 148 valence electrons. The van der Waals surface area contributed by atoms with Crippen LogP contribution in [0.1, 0.15) is 25.0 Å². The number of nitrogens with zero attached hydrogens (tertiary/aromatic N) is 2. The Hall–Kier alpha value is -1.92. The third-order valence-corrected chi connectivity index (χ3v) is 7.17. The van der Waals surface area contributed by atoms with Crippen LogP contribution in [0.3, 0.4) is 0 Å². The van der Waals surface area contributed by atoms with Gasteiger partial charge in [0.2, 0.25) is 5.91 Å². The third-order valence-electron chi connectivity index (χ3n) is 4.10. The molecule has 0 bridgehead atoms. The summed E-state index contributed by atoms with van der Waals surface area (Å²) >= 11 is 0.795. The summed E-state index contributed by atoms with van der Waals surface area (Å²) in [5.74, 6) is -0.382. The fourth-order valence-corrected chi connectivity index (χ4v) is 5.26. The fraction of sp³-hybridized carbons (Fsp3) is 0.467. The molecule has 0 aliphatic carbocycles. The fourth-order valence-electron chi connectivity index (χ4n) is 2.75. The average molecular weight is 422 g/mol. The predicted octanol–water partition coefficient (Wildman–Crippen LogP) is 2.11. The van der Waals surface area contributed by atoms with Crippen LogP contribution in [0.5, 0.6) is 0 Å². The molecule has 1 amide bonds. The van der Waals surface area contributed by atoms with E-state index in [1.165, 1.54) is 19.2 Å². The molecule has 7 nitrogen and oxygen atoms in total. The molecule has 1 aliphatic heterocycles. The Labute approximate surface area is 157 Å². The van der Waals surface area contributed by atoms with Crippen molar-refractivity contribution in [3.8, 4) is 10.6 Å². The first kappa shape index (κ1) is 19.8. The number of hydrogen-bond donors (Lipinski definition) is 2.